The van der Waals surface area contributed by atoms with E-state index in [1.165, 1.54) is 36.1 Å². The maximum atomic E-state index is 12.6. The summed E-state index contributed by atoms with van der Waals surface area (Å²) < 4.78 is 0. The summed E-state index contributed by atoms with van der Waals surface area (Å²) >= 11 is 1.73. The number of fused-ring (bicyclic) bond motifs is 1. The first-order chi connectivity index (χ1) is 9.74. The predicted octanol–water partition coefficient (Wildman–Crippen LogP) is 3.39. The summed E-state index contributed by atoms with van der Waals surface area (Å²) in [7, 11) is 0. The molecule has 0 spiro atoms. The molecule has 1 saturated heterocycles. The molecule has 3 rings (SSSR count). The molecule has 1 aromatic rings. The minimum atomic E-state index is 0. The molecule has 118 valence electrons. The highest BCUT2D eigenvalue weighted by Crippen LogP contribution is 2.29. The first-order valence-corrected chi connectivity index (χ1v) is 8.72. The molecule has 0 saturated carbocycles. The quantitative estimate of drug-likeness (QED) is 0.859. The summed E-state index contributed by atoms with van der Waals surface area (Å²) in [6.45, 7) is 1.59. The minimum absolute atomic E-state index is 0. The van der Waals surface area contributed by atoms with E-state index in [0.717, 1.165) is 43.6 Å². The Morgan fingerprint density at radius 2 is 1.95 bits per heavy atom. The van der Waals surface area contributed by atoms with E-state index < -0.39 is 0 Å². The molecule has 1 aliphatic heterocycles. The van der Waals surface area contributed by atoms with Crippen LogP contribution >= 0.6 is 23.7 Å². The number of aryl methyl sites for hydroxylation is 2. The molecule has 1 amide bonds. The van der Waals surface area contributed by atoms with Gasteiger partial charge in [0.05, 0.1) is 4.88 Å². The monoisotopic (exact) mass is 328 g/mol. The Morgan fingerprint density at radius 3 is 2.71 bits per heavy atom. The van der Waals surface area contributed by atoms with Crippen LogP contribution in [0.15, 0.2) is 6.07 Å². The van der Waals surface area contributed by atoms with Crippen LogP contribution in [-0.4, -0.2) is 29.9 Å². The molecular weight excluding hydrogens is 304 g/mol. The van der Waals surface area contributed by atoms with Crippen LogP contribution in [0.1, 0.15) is 58.6 Å². The van der Waals surface area contributed by atoms with Crippen LogP contribution in [0.5, 0.6) is 0 Å². The van der Waals surface area contributed by atoms with E-state index >= 15 is 0 Å². The molecule has 2 heterocycles. The molecule has 5 heteroatoms. The van der Waals surface area contributed by atoms with E-state index in [9.17, 15) is 4.79 Å². The van der Waals surface area contributed by atoms with Crippen LogP contribution in [0, 0.1) is 0 Å². The SMILES string of the molecule is Cl.NC1CCCN(C(=O)c2cc3c(s2)CCCCCC3)C1. The van der Waals surface area contributed by atoms with Crippen molar-refractivity contribution in [2.45, 2.75) is 57.4 Å². The highest BCUT2D eigenvalue weighted by Gasteiger charge is 2.24. The van der Waals surface area contributed by atoms with E-state index in [4.69, 9.17) is 5.73 Å². The van der Waals surface area contributed by atoms with Gasteiger partial charge in [0.15, 0.2) is 0 Å². The molecular formula is C16H25ClN2OS. The molecule has 3 nitrogen and oxygen atoms in total. The zero-order valence-electron chi connectivity index (χ0n) is 12.5. The second-order valence-electron chi connectivity index (χ2n) is 6.13. The van der Waals surface area contributed by atoms with E-state index in [1.807, 2.05) is 4.90 Å². The fourth-order valence-electron chi connectivity index (χ4n) is 3.30. The second-order valence-corrected chi connectivity index (χ2v) is 7.26. The number of carbonyl (C=O) groups is 1. The molecule has 1 aromatic heterocycles. The fourth-order valence-corrected chi connectivity index (χ4v) is 4.52. The molecule has 1 atom stereocenters. The summed E-state index contributed by atoms with van der Waals surface area (Å²) in [6.07, 6.45) is 9.61. The van der Waals surface area contributed by atoms with E-state index in [1.54, 1.807) is 11.3 Å². The number of piperidine rings is 1. The van der Waals surface area contributed by atoms with Crippen LogP contribution < -0.4 is 5.73 Å². The van der Waals surface area contributed by atoms with Crippen molar-refractivity contribution in [2.75, 3.05) is 13.1 Å². The van der Waals surface area contributed by atoms with Gasteiger partial charge in [0, 0.05) is 24.0 Å². The van der Waals surface area contributed by atoms with Crippen molar-refractivity contribution in [3.8, 4) is 0 Å². The third kappa shape index (κ3) is 3.99. The molecule has 1 unspecified atom stereocenters. The number of amides is 1. The topological polar surface area (TPSA) is 46.3 Å². The van der Waals surface area contributed by atoms with E-state index in [2.05, 4.69) is 6.07 Å². The van der Waals surface area contributed by atoms with Gasteiger partial charge in [-0.05, 0) is 50.2 Å². The van der Waals surface area contributed by atoms with Crippen molar-refractivity contribution < 1.29 is 4.79 Å². The number of hydrogen-bond donors (Lipinski definition) is 1. The van der Waals surface area contributed by atoms with Gasteiger partial charge in [0.25, 0.3) is 5.91 Å². The first-order valence-electron chi connectivity index (χ1n) is 7.90. The highest BCUT2D eigenvalue weighted by atomic mass is 35.5. The van der Waals surface area contributed by atoms with Gasteiger partial charge in [0.2, 0.25) is 0 Å². The Kier molecular flexibility index (Phi) is 6.08. The summed E-state index contributed by atoms with van der Waals surface area (Å²) in [5, 5.41) is 0. The molecule has 21 heavy (non-hydrogen) atoms. The zero-order valence-corrected chi connectivity index (χ0v) is 14.1. The number of carbonyl (C=O) groups excluding carboxylic acids is 1. The minimum Gasteiger partial charge on any atom is -0.336 e. The van der Waals surface area contributed by atoms with Crippen molar-refractivity contribution >= 4 is 29.7 Å². The second kappa shape index (κ2) is 7.61. The maximum absolute atomic E-state index is 12.6. The molecule has 0 radical (unpaired) electrons. The van der Waals surface area contributed by atoms with Gasteiger partial charge in [-0.3, -0.25) is 4.79 Å². The van der Waals surface area contributed by atoms with E-state index in [0.29, 0.717) is 0 Å². The van der Waals surface area contributed by atoms with E-state index in [-0.39, 0.29) is 24.4 Å². The highest BCUT2D eigenvalue weighted by molar-refractivity contribution is 7.14. The summed E-state index contributed by atoms with van der Waals surface area (Å²) in [5.41, 5.74) is 7.42. The smallest absolute Gasteiger partial charge is 0.263 e. The number of halogens is 1. The molecule has 0 bridgehead atoms. The number of nitrogens with zero attached hydrogens (tertiary/aromatic N) is 1. The lowest BCUT2D eigenvalue weighted by molar-refractivity contribution is 0.0713. The third-order valence-corrected chi connectivity index (χ3v) is 5.68. The number of likely N-dealkylation sites (tertiary alicyclic amines) is 1. The Hall–Kier alpha value is -0.580. The Balaban J connectivity index is 0.00000161. The van der Waals surface area contributed by atoms with Gasteiger partial charge in [-0.1, -0.05) is 12.8 Å². The Morgan fingerprint density at radius 1 is 1.19 bits per heavy atom. The van der Waals surface area contributed by atoms with Crippen LogP contribution in [0.4, 0.5) is 0 Å². The Bertz CT molecular complexity index is 463. The average Bonchev–Trinajstić information content (AvgIpc) is 2.80. The number of thiophene rings is 1. The predicted molar refractivity (Wildman–Crippen MR) is 90.6 cm³/mol. The number of rotatable bonds is 1. The lowest BCUT2D eigenvalue weighted by Crippen LogP contribution is -2.45. The molecule has 0 aromatic carbocycles. The van der Waals surface area contributed by atoms with Gasteiger partial charge in [-0.2, -0.15) is 0 Å². The van der Waals surface area contributed by atoms with Crippen molar-refractivity contribution in [1.82, 2.24) is 4.90 Å². The van der Waals surface area contributed by atoms with Gasteiger partial charge in [-0.15, -0.1) is 23.7 Å². The molecule has 1 fully saturated rings. The molecule has 2 N–H and O–H groups in total. The van der Waals surface area contributed by atoms with Crippen molar-refractivity contribution in [1.29, 1.82) is 0 Å². The zero-order chi connectivity index (χ0) is 13.9. The van der Waals surface area contributed by atoms with Crippen LogP contribution in [0.25, 0.3) is 0 Å². The first kappa shape index (κ1) is 16.8. The standard InChI is InChI=1S/C16H24N2OS.ClH/c17-13-7-5-9-18(11-13)16(19)15-10-12-6-3-1-2-4-8-14(12)20-15;/h10,13H,1-9,11,17H2;1H. The summed E-state index contributed by atoms with van der Waals surface area (Å²) in [6, 6.07) is 2.32. The fraction of sp³-hybridized carbons (Fsp3) is 0.688. The lowest BCUT2D eigenvalue weighted by Gasteiger charge is -2.30. The Labute approximate surface area is 137 Å². The normalized spacial score (nSPS) is 22.7. The van der Waals surface area contributed by atoms with Gasteiger partial charge < -0.3 is 10.6 Å². The van der Waals surface area contributed by atoms with Crippen LogP contribution in [0.2, 0.25) is 0 Å². The van der Waals surface area contributed by atoms with Crippen LogP contribution in [-0.2, 0) is 12.8 Å². The maximum Gasteiger partial charge on any atom is 0.263 e. The average molecular weight is 329 g/mol. The third-order valence-electron chi connectivity index (χ3n) is 4.45. The summed E-state index contributed by atoms with van der Waals surface area (Å²) in [4.78, 5) is 17.0. The van der Waals surface area contributed by atoms with Crippen molar-refractivity contribution in [2.24, 2.45) is 5.73 Å². The van der Waals surface area contributed by atoms with Crippen molar-refractivity contribution in [3.05, 3.63) is 21.4 Å². The number of hydrogen-bond acceptors (Lipinski definition) is 3. The van der Waals surface area contributed by atoms with Gasteiger partial charge >= 0.3 is 0 Å². The van der Waals surface area contributed by atoms with Gasteiger partial charge in [-0.25, -0.2) is 0 Å². The van der Waals surface area contributed by atoms with Crippen molar-refractivity contribution in [3.63, 3.8) is 0 Å². The number of nitrogens with two attached hydrogens (primary N) is 1. The largest absolute Gasteiger partial charge is 0.336 e. The molecule has 1 aliphatic carbocycles. The van der Waals surface area contributed by atoms with Gasteiger partial charge in [0.1, 0.15) is 0 Å². The van der Waals surface area contributed by atoms with Crippen LogP contribution in [0.3, 0.4) is 0 Å². The molecule has 2 aliphatic rings. The lowest BCUT2D eigenvalue weighted by atomic mass is 9.99. The summed E-state index contributed by atoms with van der Waals surface area (Å²) in [5.74, 6) is 0.205.